The molecule has 2 aromatic carbocycles. The fourth-order valence-electron chi connectivity index (χ4n) is 3.00. The lowest BCUT2D eigenvalue weighted by Crippen LogP contribution is -2.35. The maximum Gasteiger partial charge on any atom is 0.256 e. The van der Waals surface area contributed by atoms with Crippen LogP contribution in [0.4, 0.5) is 11.4 Å². The zero-order valence-corrected chi connectivity index (χ0v) is 14.4. The fraction of sp³-hybridized carbons (Fsp3) is 0.111. The Hall–Kier alpha value is -2.50. The first-order valence-corrected chi connectivity index (χ1v) is 8.44. The predicted octanol–water partition coefficient (Wildman–Crippen LogP) is 4.22. The van der Waals surface area contributed by atoms with Gasteiger partial charge in [-0.3, -0.25) is 9.59 Å². The first-order chi connectivity index (χ1) is 12.0. The molecule has 0 spiro atoms. The van der Waals surface area contributed by atoms with Crippen LogP contribution in [0.3, 0.4) is 0 Å². The first kappa shape index (κ1) is 16.0. The minimum Gasteiger partial charge on any atom is -0.373 e. The predicted molar refractivity (Wildman–Crippen MR) is 99.3 cm³/mol. The van der Waals surface area contributed by atoms with E-state index in [1.807, 2.05) is 30.5 Å². The number of rotatable bonds is 3. The normalized spacial score (nSPS) is 17.5. The van der Waals surface area contributed by atoms with Crippen LogP contribution in [0.5, 0.6) is 0 Å². The third-order valence-electron chi connectivity index (χ3n) is 4.19. The molecule has 126 valence electrons. The van der Waals surface area contributed by atoms with Crippen molar-refractivity contribution in [2.24, 2.45) is 0 Å². The van der Waals surface area contributed by atoms with E-state index in [-0.39, 0.29) is 23.3 Å². The molecule has 2 N–H and O–H groups in total. The van der Waals surface area contributed by atoms with Crippen LogP contribution >= 0.6 is 23.2 Å². The molecule has 1 saturated heterocycles. The molecule has 1 aliphatic heterocycles. The molecule has 1 aliphatic rings. The number of imide groups is 1. The number of nitrogens with one attached hydrogen (secondary N) is 2. The summed E-state index contributed by atoms with van der Waals surface area (Å²) in [5.41, 5.74) is 2.08. The Kier molecular flexibility index (Phi) is 3.90. The number of carbonyl (C=O) groups is 2. The SMILES string of the molecule is O=C1C[C@@H](Nc2ccc3cc[nH]c3c2)C(=O)N1c1ccc(Cl)cc1Cl. The smallest absolute Gasteiger partial charge is 0.256 e. The molecular formula is C18H13Cl2N3O2. The Morgan fingerprint density at radius 3 is 2.72 bits per heavy atom. The van der Waals surface area contributed by atoms with Crippen molar-refractivity contribution >= 4 is 57.3 Å². The van der Waals surface area contributed by atoms with Gasteiger partial charge in [0.05, 0.1) is 17.1 Å². The van der Waals surface area contributed by atoms with Crippen LogP contribution in [0.25, 0.3) is 10.9 Å². The minimum absolute atomic E-state index is 0.0700. The van der Waals surface area contributed by atoms with Crippen LogP contribution in [0.15, 0.2) is 48.7 Å². The highest BCUT2D eigenvalue weighted by Crippen LogP contribution is 2.33. The highest BCUT2D eigenvalue weighted by molar-refractivity contribution is 6.38. The Morgan fingerprint density at radius 1 is 1.08 bits per heavy atom. The van der Waals surface area contributed by atoms with E-state index >= 15 is 0 Å². The van der Waals surface area contributed by atoms with E-state index in [4.69, 9.17) is 23.2 Å². The lowest BCUT2D eigenvalue weighted by molar-refractivity contribution is -0.121. The summed E-state index contributed by atoms with van der Waals surface area (Å²) in [5.74, 6) is -0.631. The maximum atomic E-state index is 12.7. The third kappa shape index (κ3) is 2.86. The number of benzene rings is 2. The summed E-state index contributed by atoms with van der Waals surface area (Å²) >= 11 is 12.0. The number of hydrogen-bond donors (Lipinski definition) is 2. The molecule has 0 unspecified atom stereocenters. The van der Waals surface area contributed by atoms with Crippen LogP contribution in [0, 0.1) is 0 Å². The van der Waals surface area contributed by atoms with Crippen LogP contribution in [0.1, 0.15) is 6.42 Å². The Labute approximate surface area is 153 Å². The molecule has 1 fully saturated rings. The number of amides is 2. The summed E-state index contributed by atoms with van der Waals surface area (Å²) in [6, 6.07) is 11.8. The largest absolute Gasteiger partial charge is 0.373 e. The van der Waals surface area contributed by atoms with Crippen LogP contribution in [0.2, 0.25) is 10.0 Å². The van der Waals surface area contributed by atoms with Gasteiger partial charge in [-0.1, -0.05) is 29.3 Å². The van der Waals surface area contributed by atoms with Gasteiger partial charge in [-0.15, -0.1) is 0 Å². The zero-order valence-electron chi connectivity index (χ0n) is 12.9. The molecule has 1 aromatic heterocycles. The van der Waals surface area contributed by atoms with E-state index in [0.717, 1.165) is 21.5 Å². The van der Waals surface area contributed by atoms with Crippen molar-refractivity contribution in [3.05, 3.63) is 58.7 Å². The molecule has 3 aromatic rings. The second-order valence-electron chi connectivity index (χ2n) is 5.84. The fourth-order valence-corrected chi connectivity index (χ4v) is 3.49. The summed E-state index contributed by atoms with van der Waals surface area (Å²) in [5, 5.41) is 4.92. The van der Waals surface area contributed by atoms with Gasteiger partial charge in [0, 0.05) is 22.4 Å². The summed E-state index contributed by atoms with van der Waals surface area (Å²) in [7, 11) is 0. The van der Waals surface area contributed by atoms with E-state index in [0.29, 0.717) is 10.7 Å². The maximum absolute atomic E-state index is 12.7. The van der Waals surface area contributed by atoms with Gasteiger partial charge in [0.25, 0.3) is 5.91 Å². The average Bonchev–Trinajstić information content (AvgIpc) is 3.13. The van der Waals surface area contributed by atoms with E-state index < -0.39 is 6.04 Å². The second kappa shape index (κ2) is 6.10. The van der Waals surface area contributed by atoms with E-state index in [2.05, 4.69) is 10.3 Å². The van der Waals surface area contributed by atoms with Gasteiger partial charge in [0.2, 0.25) is 5.91 Å². The van der Waals surface area contributed by atoms with Crippen molar-refractivity contribution in [3.8, 4) is 0 Å². The standard InChI is InChI=1S/C18H13Cl2N3O2/c19-11-2-4-16(13(20)7-11)23-17(24)9-15(18(23)25)22-12-3-1-10-5-6-21-14(10)8-12/h1-8,15,21-22H,9H2/t15-/m1/s1. The van der Waals surface area contributed by atoms with Gasteiger partial charge in [-0.2, -0.15) is 0 Å². The first-order valence-electron chi connectivity index (χ1n) is 7.68. The average molecular weight is 374 g/mol. The molecule has 0 bridgehead atoms. The van der Waals surface area contributed by atoms with Crippen molar-refractivity contribution < 1.29 is 9.59 Å². The van der Waals surface area contributed by atoms with Crippen LogP contribution in [-0.4, -0.2) is 22.8 Å². The summed E-state index contributed by atoms with van der Waals surface area (Å²) < 4.78 is 0. The van der Waals surface area contributed by atoms with Crippen molar-refractivity contribution in [3.63, 3.8) is 0 Å². The number of anilines is 2. The molecule has 0 radical (unpaired) electrons. The van der Waals surface area contributed by atoms with Crippen molar-refractivity contribution in [2.45, 2.75) is 12.5 Å². The van der Waals surface area contributed by atoms with E-state index in [1.165, 1.54) is 6.07 Å². The topological polar surface area (TPSA) is 65.2 Å². The highest BCUT2D eigenvalue weighted by Gasteiger charge is 2.40. The van der Waals surface area contributed by atoms with Gasteiger partial charge < -0.3 is 10.3 Å². The summed E-state index contributed by atoms with van der Waals surface area (Å²) in [6.45, 7) is 0. The lowest BCUT2D eigenvalue weighted by atomic mass is 10.2. The number of aromatic nitrogens is 1. The number of aromatic amines is 1. The van der Waals surface area contributed by atoms with Crippen molar-refractivity contribution in [2.75, 3.05) is 10.2 Å². The lowest BCUT2D eigenvalue weighted by Gasteiger charge is -2.17. The number of carbonyl (C=O) groups excluding carboxylic acids is 2. The molecule has 2 amide bonds. The molecule has 0 saturated carbocycles. The summed E-state index contributed by atoms with van der Waals surface area (Å²) in [6.07, 6.45) is 1.92. The molecule has 2 heterocycles. The number of hydrogen-bond acceptors (Lipinski definition) is 3. The van der Waals surface area contributed by atoms with Crippen LogP contribution in [-0.2, 0) is 9.59 Å². The van der Waals surface area contributed by atoms with Gasteiger partial charge in [0.15, 0.2) is 0 Å². The Morgan fingerprint density at radius 2 is 1.92 bits per heavy atom. The van der Waals surface area contributed by atoms with E-state index in [9.17, 15) is 9.59 Å². The number of fused-ring (bicyclic) bond motifs is 1. The third-order valence-corrected chi connectivity index (χ3v) is 4.73. The van der Waals surface area contributed by atoms with Gasteiger partial charge >= 0.3 is 0 Å². The Bertz CT molecular complexity index is 999. The highest BCUT2D eigenvalue weighted by atomic mass is 35.5. The van der Waals surface area contributed by atoms with Crippen molar-refractivity contribution in [1.29, 1.82) is 0 Å². The number of halogens is 2. The molecule has 0 aliphatic carbocycles. The van der Waals surface area contributed by atoms with Gasteiger partial charge in [-0.05, 0) is 41.8 Å². The Balaban J connectivity index is 1.60. The molecule has 5 nitrogen and oxygen atoms in total. The molecule has 25 heavy (non-hydrogen) atoms. The zero-order chi connectivity index (χ0) is 17.6. The quantitative estimate of drug-likeness (QED) is 0.675. The molecule has 4 rings (SSSR count). The van der Waals surface area contributed by atoms with E-state index in [1.54, 1.807) is 12.1 Å². The molecule has 1 atom stereocenters. The monoisotopic (exact) mass is 373 g/mol. The van der Waals surface area contributed by atoms with Gasteiger partial charge in [-0.25, -0.2) is 4.90 Å². The molecular weight excluding hydrogens is 361 g/mol. The minimum atomic E-state index is -0.633. The van der Waals surface area contributed by atoms with Crippen molar-refractivity contribution in [1.82, 2.24) is 4.98 Å². The second-order valence-corrected chi connectivity index (χ2v) is 6.69. The van der Waals surface area contributed by atoms with Gasteiger partial charge in [0.1, 0.15) is 6.04 Å². The molecule has 7 heteroatoms. The number of H-pyrrole nitrogens is 1. The van der Waals surface area contributed by atoms with Crippen LogP contribution < -0.4 is 10.2 Å². The number of nitrogens with zero attached hydrogens (tertiary/aromatic N) is 1. The summed E-state index contributed by atoms with van der Waals surface area (Å²) in [4.78, 5) is 29.3.